The van der Waals surface area contributed by atoms with Crippen LogP contribution in [0.25, 0.3) is 0 Å². The van der Waals surface area contributed by atoms with E-state index in [0.29, 0.717) is 23.4 Å². The lowest BCUT2D eigenvalue weighted by atomic mass is 10.0. The first-order chi connectivity index (χ1) is 14.4. The Morgan fingerprint density at radius 2 is 1.97 bits per heavy atom. The largest absolute Gasteiger partial charge is 0.495 e. The van der Waals surface area contributed by atoms with Crippen molar-refractivity contribution >= 4 is 21.5 Å². The minimum absolute atomic E-state index is 0.335. The molecule has 2 heterocycles. The summed E-state index contributed by atoms with van der Waals surface area (Å²) in [6.07, 6.45) is 3.70. The number of aromatic nitrogens is 1. The van der Waals surface area contributed by atoms with E-state index >= 15 is 0 Å². The molecule has 1 aromatic heterocycles. The molecule has 1 saturated heterocycles. The summed E-state index contributed by atoms with van der Waals surface area (Å²) in [5, 5.41) is 10.6. The predicted molar refractivity (Wildman–Crippen MR) is 119 cm³/mol. The SMILES string of the molecule is COc1ccc(C(O)CCCN2CCN(c3ccccn3)CC2)cc1NS(C)(=O)=O. The first-order valence-electron chi connectivity index (χ1n) is 10.1. The summed E-state index contributed by atoms with van der Waals surface area (Å²) in [5.74, 6) is 1.44. The summed E-state index contributed by atoms with van der Waals surface area (Å²) in [7, 11) is -1.96. The van der Waals surface area contributed by atoms with Crippen molar-refractivity contribution in [3.05, 3.63) is 48.2 Å². The summed E-state index contributed by atoms with van der Waals surface area (Å²) in [4.78, 5) is 9.10. The number of aliphatic hydroxyl groups is 1. The first-order valence-corrected chi connectivity index (χ1v) is 12.0. The highest BCUT2D eigenvalue weighted by molar-refractivity contribution is 7.92. The third-order valence-electron chi connectivity index (χ3n) is 5.20. The maximum atomic E-state index is 11.6. The zero-order valence-corrected chi connectivity index (χ0v) is 18.3. The second kappa shape index (κ2) is 10.1. The molecular formula is C21H30N4O4S. The van der Waals surface area contributed by atoms with Crippen LogP contribution < -0.4 is 14.4 Å². The second-order valence-electron chi connectivity index (χ2n) is 7.51. The number of piperazine rings is 1. The van der Waals surface area contributed by atoms with Gasteiger partial charge in [-0.15, -0.1) is 0 Å². The van der Waals surface area contributed by atoms with E-state index in [-0.39, 0.29) is 0 Å². The van der Waals surface area contributed by atoms with Gasteiger partial charge in [0.1, 0.15) is 11.6 Å². The second-order valence-corrected chi connectivity index (χ2v) is 9.26. The Bertz CT molecular complexity index is 916. The van der Waals surface area contributed by atoms with Gasteiger partial charge in [0.25, 0.3) is 0 Å². The molecule has 8 nitrogen and oxygen atoms in total. The van der Waals surface area contributed by atoms with Gasteiger partial charge in [-0.1, -0.05) is 12.1 Å². The van der Waals surface area contributed by atoms with Crippen molar-refractivity contribution in [2.24, 2.45) is 0 Å². The number of rotatable bonds is 9. The number of methoxy groups -OCH3 is 1. The third kappa shape index (κ3) is 6.32. The number of sulfonamides is 1. The van der Waals surface area contributed by atoms with Gasteiger partial charge >= 0.3 is 0 Å². The van der Waals surface area contributed by atoms with Crippen LogP contribution in [0.2, 0.25) is 0 Å². The van der Waals surface area contributed by atoms with Crippen molar-refractivity contribution in [2.45, 2.75) is 18.9 Å². The van der Waals surface area contributed by atoms with Crippen molar-refractivity contribution in [1.29, 1.82) is 0 Å². The molecule has 2 N–H and O–H groups in total. The Labute approximate surface area is 178 Å². The van der Waals surface area contributed by atoms with Crippen LogP contribution in [0.4, 0.5) is 11.5 Å². The molecule has 30 heavy (non-hydrogen) atoms. The molecule has 1 atom stereocenters. The van der Waals surface area contributed by atoms with Gasteiger partial charge in [-0.3, -0.25) is 9.62 Å². The van der Waals surface area contributed by atoms with Gasteiger partial charge in [0.15, 0.2) is 0 Å². The number of ether oxygens (including phenoxy) is 1. The van der Waals surface area contributed by atoms with Gasteiger partial charge in [-0.05, 0) is 49.2 Å². The predicted octanol–water partition coefficient (Wildman–Crippen LogP) is 2.10. The quantitative estimate of drug-likeness (QED) is 0.624. The number of hydrogen-bond acceptors (Lipinski definition) is 7. The normalized spacial score (nSPS) is 16.3. The molecule has 2 aromatic rings. The summed E-state index contributed by atoms with van der Waals surface area (Å²) in [6.45, 7) is 4.74. The molecule has 0 saturated carbocycles. The van der Waals surface area contributed by atoms with Gasteiger partial charge in [-0.25, -0.2) is 13.4 Å². The topological polar surface area (TPSA) is 95.0 Å². The molecule has 0 amide bonds. The number of pyridine rings is 1. The Balaban J connectivity index is 1.48. The van der Waals surface area contributed by atoms with Crippen LogP contribution in [-0.2, 0) is 10.0 Å². The number of nitrogens with zero attached hydrogens (tertiary/aromatic N) is 3. The number of aliphatic hydroxyl groups excluding tert-OH is 1. The molecule has 3 rings (SSSR count). The van der Waals surface area contributed by atoms with Gasteiger partial charge in [0.05, 0.1) is 25.2 Å². The van der Waals surface area contributed by atoms with Gasteiger partial charge in [0, 0.05) is 32.4 Å². The Morgan fingerprint density at radius 1 is 1.20 bits per heavy atom. The van der Waals surface area contributed by atoms with E-state index in [2.05, 4.69) is 19.5 Å². The van der Waals surface area contributed by atoms with Crippen molar-refractivity contribution < 1.29 is 18.3 Å². The molecule has 1 fully saturated rings. The molecule has 1 aromatic carbocycles. The number of anilines is 2. The van der Waals surface area contributed by atoms with Crippen molar-refractivity contribution in [1.82, 2.24) is 9.88 Å². The standard InChI is InChI=1S/C21H30N4O4S/c1-29-20-9-8-17(16-18(20)23-30(2,27)28)19(26)6-5-11-24-12-14-25(15-13-24)21-7-3-4-10-22-21/h3-4,7-10,16,19,23,26H,5-6,11-15H2,1-2H3. The minimum atomic E-state index is -3.44. The summed E-state index contributed by atoms with van der Waals surface area (Å²) < 4.78 is 30.8. The van der Waals surface area contributed by atoms with Crippen LogP contribution >= 0.6 is 0 Å². The van der Waals surface area contributed by atoms with E-state index in [1.54, 1.807) is 18.2 Å². The van der Waals surface area contributed by atoms with E-state index in [1.807, 2.05) is 24.4 Å². The minimum Gasteiger partial charge on any atom is -0.495 e. The van der Waals surface area contributed by atoms with Crippen molar-refractivity contribution in [3.8, 4) is 5.75 Å². The maximum Gasteiger partial charge on any atom is 0.229 e. The van der Waals surface area contributed by atoms with E-state index in [1.165, 1.54) is 7.11 Å². The highest BCUT2D eigenvalue weighted by Crippen LogP contribution is 2.30. The number of nitrogens with one attached hydrogen (secondary N) is 1. The van der Waals surface area contributed by atoms with Gasteiger partial charge in [0.2, 0.25) is 10.0 Å². The van der Waals surface area contributed by atoms with Crippen LogP contribution in [0.15, 0.2) is 42.6 Å². The van der Waals surface area contributed by atoms with E-state index in [4.69, 9.17) is 4.74 Å². The Morgan fingerprint density at radius 3 is 2.60 bits per heavy atom. The number of hydrogen-bond donors (Lipinski definition) is 2. The Kier molecular flexibility index (Phi) is 7.52. The van der Waals surface area contributed by atoms with Crippen LogP contribution in [0.5, 0.6) is 5.75 Å². The smallest absolute Gasteiger partial charge is 0.229 e. The fourth-order valence-electron chi connectivity index (χ4n) is 3.63. The monoisotopic (exact) mass is 434 g/mol. The summed E-state index contributed by atoms with van der Waals surface area (Å²) in [5.41, 5.74) is 1.00. The molecular weight excluding hydrogens is 404 g/mol. The molecule has 9 heteroatoms. The van der Waals surface area contributed by atoms with Crippen molar-refractivity contribution in [3.63, 3.8) is 0 Å². The molecule has 164 valence electrons. The molecule has 0 bridgehead atoms. The van der Waals surface area contributed by atoms with Crippen molar-refractivity contribution in [2.75, 3.05) is 55.7 Å². The average Bonchev–Trinajstić information content (AvgIpc) is 2.73. The lowest BCUT2D eigenvalue weighted by Crippen LogP contribution is -2.46. The number of benzene rings is 1. The fourth-order valence-corrected chi connectivity index (χ4v) is 4.19. The zero-order valence-electron chi connectivity index (χ0n) is 17.5. The van der Waals surface area contributed by atoms with Crippen LogP contribution in [0.1, 0.15) is 24.5 Å². The van der Waals surface area contributed by atoms with Crippen LogP contribution in [0, 0.1) is 0 Å². The maximum absolute atomic E-state index is 11.6. The summed E-state index contributed by atoms with van der Waals surface area (Å²) in [6, 6.07) is 11.0. The summed E-state index contributed by atoms with van der Waals surface area (Å²) >= 11 is 0. The molecule has 0 radical (unpaired) electrons. The van der Waals surface area contributed by atoms with Gasteiger partial charge in [-0.2, -0.15) is 0 Å². The first kappa shape index (κ1) is 22.3. The fraction of sp³-hybridized carbons (Fsp3) is 0.476. The zero-order chi connectivity index (χ0) is 21.6. The highest BCUT2D eigenvalue weighted by Gasteiger charge is 2.18. The van der Waals surface area contributed by atoms with E-state index in [0.717, 1.165) is 51.2 Å². The average molecular weight is 435 g/mol. The molecule has 0 aliphatic carbocycles. The van der Waals surface area contributed by atoms with E-state index < -0.39 is 16.1 Å². The molecule has 1 unspecified atom stereocenters. The molecule has 0 spiro atoms. The van der Waals surface area contributed by atoms with Crippen LogP contribution in [-0.4, -0.2) is 69.5 Å². The van der Waals surface area contributed by atoms with E-state index in [9.17, 15) is 13.5 Å². The van der Waals surface area contributed by atoms with Crippen LogP contribution in [0.3, 0.4) is 0 Å². The lowest BCUT2D eigenvalue weighted by molar-refractivity contribution is 0.154. The molecule has 1 aliphatic heterocycles. The lowest BCUT2D eigenvalue weighted by Gasteiger charge is -2.35. The van der Waals surface area contributed by atoms with Gasteiger partial charge < -0.3 is 14.7 Å². The Hall–Kier alpha value is -2.36. The highest BCUT2D eigenvalue weighted by atomic mass is 32.2. The molecule has 1 aliphatic rings. The third-order valence-corrected chi connectivity index (χ3v) is 5.79.